The van der Waals surface area contributed by atoms with Crippen LogP contribution in [-0.4, -0.2) is 17.1 Å². The van der Waals surface area contributed by atoms with E-state index in [1.165, 1.54) is 18.3 Å². The quantitative estimate of drug-likeness (QED) is 0.170. The first-order valence-corrected chi connectivity index (χ1v) is 9.10. The molecule has 0 aliphatic rings. The van der Waals surface area contributed by atoms with Gasteiger partial charge in [0.05, 0.1) is 16.2 Å². The molecule has 0 spiro atoms. The van der Waals surface area contributed by atoms with Crippen molar-refractivity contribution in [3.63, 3.8) is 0 Å². The zero-order chi connectivity index (χ0) is 20.1. The van der Waals surface area contributed by atoms with E-state index in [0.29, 0.717) is 27.0 Å². The first kappa shape index (κ1) is 19.4. The fraction of sp³-hybridized carbons (Fsp3) is 0.0476. The van der Waals surface area contributed by atoms with Gasteiger partial charge in [-0.25, -0.2) is 4.79 Å². The number of esters is 1. The summed E-state index contributed by atoms with van der Waals surface area (Å²) < 4.78 is 6.16. The lowest BCUT2D eigenvalue weighted by atomic mass is 10.1. The van der Waals surface area contributed by atoms with E-state index in [-0.39, 0.29) is 5.69 Å². The van der Waals surface area contributed by atoms with Crippen LogP contribution in [0.3, 0.4) is 0 Å². The molecule has 0 fully saturated rings. The average molecular weight is 439 g/mol. The van der Waals surface area contributed by atoms with Crippen LogP contribution in [0.25, 0.3) is 0 Å². The minimum absolute atomic E-state index is 0.0357. The van der Waals surface area contributed by atoms with Crippen molar-refractivity contribution in [1.29, 1.82) is 0 Å². The van der Waals surface area contributed by atoms with E-state index in [1.54, 1.807) is 48.5 Å². The number of para-hydroxylation sites is 1. The third-order valence-electron chi connectivity index (χ3n) is 3.96. The smallest absolute Gasteiger partial charge is 0.344 e. The number of rotatable bonds is 5. The van der Waals surface area contributed by atoms with Gasteiger partial charge in [-0.2, -0.15) is 0 Å². The zero-order valence-electron chi connectivity index (χ0n) is 14.8. The largest absolute Gasteiger partial charge is 0.422 e. The Kier molecular flexibility index (Phi) is 5.96. The molecule has 0 saturated heterocycles. The van der Waals surface area contributed by atoms with Crippen LogP contribution in [-0.2, 0) is 0 Å². The highest BCUT2D eigenvalue weighted by atomic mass is 79.9. The second-order valence-corrected chi connectivity index (χ2v) is 6.75. The van der Waals surface area contributed by atoms with Crippen LogP contribution < -0.4 is 4.74 Å². The summed E-state index contributed by atoms with van der Waals surface area (Å²) in [4.78, 5) is 27.3. The van der Waals surface area contributed by atoms with E-state index in [2.05, 4.69) is 20.9 Å². The van der Waals surface area contributed by atoms with Crippen molar-refractivity contribution in [3.05, 3.63) is 98.0 Å². The number of halogens is 1. The highest BCUT2D eigenvalue weighted by Gasteiger charge is 2.14. The van der Waals surface area contributed by atoms with Gasteiger partial charge in [-0.1, -0.05) is 30.3 Å². The van der Waals surface area contributed by atoms with Crippen molar-refractivity contribution < 1.29 is 14.5 Å². The van der Waals surface area contributed by atoms with Crippen LogP contribution in [0.2, 0.25) is 0 Å². The lowest BCUT2D eigenvalue weighted by Crippen LogP contribution is -2.10. The van der Waals surface area contributed by atoms with Gasteiger partial charge in [0, 0.05) is 28.4 Å². The maximum atomic E-state index is 12.5. The molecular formula is C21H15BrN2O4. The van der Waals surface area contributed by atoms with Crippen molar-refractivity contribution in [2.45, 2.75) is 6.92 Å². The first-order chi connectivity index (χ1) is 13.5. The number of nitro groups is 1. The van der Waals surface area contributed by atoms with Crippen molar-refractivity contribution in [3.8, 4) is 5.75 Å². The summed E-state index contributed by atoms with van der Waals surface area (Å²) in [5, 5.41) is 11.0. The van der Waals surface area contributed by atoms with Gasteiger partial charge in [-0.3, -0.25) is 15.1 Å². The fourth-order valence-electron chi connectivity index (χ4n) is 2.45. The number of nitro benzene ring substituents is 1. The topological polar surface area (TPSA) is 81.8 Å². The molecule has 0 N–H and O–H groups in total. The third kappa shape index (κ3) is 4.50. The van der Waals surface area contributed by atoms with Gasteiger partial charge in [0.25, 0.3) is 5.69 Å². The van der Waals surface area contributed by atoms with E-state index < -0.39 is 10.9 Å². The molecule has 0 aliphatic heterocycles. The molecule has 0 saturated carbocycles. The minimum atomic E-state index is -0.500. The predicted molar refractivity (Wildman–Crippen MR) is 111 cm³/mol. The number of hydrogen-bond donors (Lipinski definition) is 0. The van der Waals surface area contributed by atoms with Gasteiger partial charge in [-0.05, 0) is 52.7 Å². The molecule has 0 atom stereocenters. The third-order valence-corrected chi connectivity index (χ3v) is 4.65. The average Bonchev–Trinajstić information content (AvgIpc) is 2.68. The molecule has 0 radical (unpaired) electrons. The van der Waals surface area contributed by atoms with Gasteiger partial charge >= 0.3 is 5.97 Å². The molecule has 0 unspecified atom stereocenters. The SMILES string of the molecule is Cc1ccc([N+](=O)[O-])cc1N=Cc1ccccc1OC(=O)c1ccccc1Br. The van der Waals surface area contributed by atoms with Crippen molar-refractivity contribution in [2.24, 2.45) is 4.99 Å². The van der Waals surface area contributed by atoms with Gasteiger partial charge < -0.3 is 4.74 Å². The molecule has 0 bridgehead atoms. The molecule has 3 aromatic carbocycles. The number of benzene rings is 3. The Balaban J connectivity index is 1.88. The van der Waals surface area contributed by atoms with E-state index in [4.69, 9.17) is 4.74 Å². The second-order valence-electron chi connectivity index (χ2n) is 5.89. The molecule has 140 valence electrons. The Morgan fingerprint density at radius 1 is 1.11 bits per heavy atom. The van der Waals surface area contributed by atoms with Crippen LogP contribution in [0.1, 0.15) is 21.5 Å². The van der Waals surface area contributed by atoms with E-state index in [0.717, 1.165) is 5.56 Å². The molecule has 6 nitrogen and oxygen atoms in total. The lowest BCUT2D eigenvalue weighted by Gasteiger charge is -2.08. The van der Waals surface area contributed by atoms with Crippen LogP contribution in [0.5, 0.6) is 5.75 Å². The van der Waals surface area contributed by atoms with Crippen molar-refractivity contribution in [2.75, 3.05) is 0 Å². The molecule has 3 aromatic rings. The summed E-state index contributed by atoms with van der Waals surface area (Å²) in [5.41, 5.74) is 2.22. The Bertz CT molecular complexity index is 1080. The summed E-state index contributed by atoms with van der Waals surface area (Å²) in [6.45, 7) is 1.81. The summed E-state index contributed by atoms with van der Waals surface area (Å²) in [6, 6.07) is 18.4. The standard InChI is InChI=1S/C21H15BrN2O4/c1-14-10-11-16(24(26)27)12-19(14)23-13-15-6-2-5-9-20(15)28-21(25)17-7-3-4-8-18(17)22/h2-13H,1H3. The van der Waals surface area contributed by atoms with Gasteiger partial charge in [0.15, 0.2) is 0 Å². The minimum Gasteiger partial charge on any atom is -0.422 e. The summed E-state index contributed by atoms with van der Waals surface area (Å²) in [5.74, 6) is -0.157. The van der Waals surface area contributed by atoms with E-state index in [9.17, 15) is 14.9 Å². The van der Waals surface area contributed by atoms with Crippen LogP contribution in [0.15, 0.2) is 76.2 Å². The summed E-state index contributed by atoms with van der Waals surface area (Å²) in [7, 11) is 0. The summed E-state index contributed by atoms with van der Waals surface area (Å²) >= 11 is 3.33. The van der Waals surface area contributed by atoms with Crippen LogP contribution in [0, 0.1) is 17.0 Å². The first-order valence-electron chi connectivity index (χ1n) is 8.30. The number of hydrogen-bond acceptors (Lipinski definition) is 5. The number of nitrogens with zero attached hydrogens (tertiary/aromatic N) is 2. The molecule has 0 heterocycles. The Morgan fingerprint density at radius 3 is 2.57 bits per heavy atom. The second kappa shape index (κ2) is 8.58. The molecule has 0 amide bonds. The van der Waals surface area contributed by atoms with Gasteiger partial charge in [0.2, 0.25) is 0 Å². The van der Waals surface area contributed by atoms with E-state index >= 15 is 0 Å². The van der Waals surface area contributed by atoms with Gasteiger partial charge in [-0.15, -0.1) is 0 Å². The highest BCUT2D eigenvalue weighted by molar-refractivity contribution is 9.10. The molecule has 0 aromatic heterocycles. The molecule has 28 heavy (non-hydrogen) atoms. The van der Waals surface area contributed by atoms with Crippen molar-refractivity contribution >= 4 is 39.5 Å². The predicted octanol–water partition coefficient (Wildman–Crippen LogP) is 5.64. The number of ether oxygens (including phenoxy) is 1. The molecular weight excluding hydrogens is 424 g/mol. The summed E-state index contributed by atoms with van der Waals surface area (Å²) in [6.07, 6.45) is 1.52. The Morgan fingerprint density at radius 2 is 1.82 bits per heavy atom. The lowest BCUT2D eigenvalue weighted by molar-refractivity contribution is -0.384. The zero-order valence-corrected chi connectivity index (χ0v) is 16.4. The fourth-order valence-corrected chi connectivity index (χ4v) is 2.90. The maximum absolute atomic E-state index is 12.5. The number of carbonyl (C=O) groups is 1. The van der Waals surface area contributed by atoms with Crippen molar-refractivity contribution in [1.82, 2.24) is 0 Å². The molecule has 0 aliphatic carbocycles. The maximum Gasteiger partial charge on any atom is 0.344 e. The number of aryl methyl sites for hydroxylation is 1. The normalized spacial score (nSPS) is 10.8. The number of carbonyl (C=O) groups excluding carboxylic acids is 1. The van der Waals surface area contributed by atoms with E-state index in [1.807, 2.05) is 13.0 Å². The Labute approximate surface area is 169 Å². The van der Waals surface area contributed by atoms with Crippen LogP contribution >= 0.6 is 15.9 Å². The monoisotopic (exact) mass is 438 g/mol. The van der Waals surface area contributed by atoms with Crippen LogP contribution in [0.4, 0.5) is 11.4 Å². The Hall–Kier alpha value is -3.32. The number of aliphatic imine (C=N–C) groups is 1. The molecule has 7 heteroatoms. The number of non-ortho nitro benzene ring substituents is 1. The highest BCUT2D eigenvalue weighted by Crippen LogP contribution is 2.26. The molecule has 3 rings (SSSR count). The van der Waals surface area contributed by atoms with Gasteiger partial charge in [0.1, 0.15) is 5.75 Å².